The average molecular weight is 351 g/mol. The van der Waals surface area contributed by atoms with Crippen LogP contribution in [0.15, 0.2) is 28.9 Å². The number of pyridine rings is 1. The van der Waals surface area contributed by atoms with Crippen molar-refractivity contribution in [2.45, 2.75) is 31.7 Å². The fourth-order valence-corrected chi connectivity index (χ4v) is 4.22. The first-order valence-electron chi connectivity index (χ1n) is 7.92. The van der Waals surface area contributed by atoms with Crippen LogP contribution >= 0.6 is 0 Å². The summed E-state index contributed by atoms with van der Waals surface area (Å²) >= 11 is 0. The topological polar surface area (TPSA) is 92.4 Å². The molecule has 9 heteroatoms. The number of nitrogens with zero attached hydrogens (tertiary/aromatic N) is 5. The van der Waals surface area contributed by atoms with Gasteiger partial charge in [-0.1, -0.05) is 11.2 Å². The molecule has 0 aliphatic carbocycles. The first kappa shape index (κ1) is 17.0. The second-order valence-electron chi connectivity index (χ2n) is 5.97. The lowest BCUT2D eigenvalue weighted by molar-refractivity contribution is 0.340. The molecule has 1 aliphatic heterocycles. The summed E-state index contributed by atoms with van der Waals surface area (Å²) in [7, 11) is -0.258. The van der Waals surface area contributed by atoms with Gasteiger partial charge in [0.15, 0.2) is 5.82 Å². The fourth-order valence-electron chi connectivity index (χ4n) is 2.86. The van der Waals surface area contributed by atoms with Gasteiger partial charge in [-0.3, -0.25) is 4.98 Å². The van der Waals surface area contributed by atoms with Gasteiger partial charge in [0.1, 0.15) is 5.69 Å². The van der Waals surface area contributed by atoms with Crippen molar-refractivity contribution in [2.24, 2.45) is 0 Å². The van der Waals surface area contributed by atoms with Crippen LogP contribution < -0.4 is 0 Å². The first-order valence-corrected chi connectivity index (χ1v) is 9.31. The predicted octanol–water partition coefficient (Wildman–Crippen LogP) is 1.34. The minimum absolute atomic E-state index is 0.0193. The standard InChI is InChI=1S/C15H21N5O3S/c1-19(2)24(21,22)20-11-5-6-12(20)8-9-14-17-15(23-18-14)13-7-3-4-10-16-13/h3-4,7,10,12H,5-6,8-9,11H2,1-2H3. The van der Waals surface area contributed by atoms with Crippen molar-refractivity contribution in [2.75, 3.05) is 20.6 Å². The Bertz CT molecular complexity index is 775. The number of rotatable bonds is 6. The summed E-state index contributed by atoms with van der Waals surface area (Å²) in [5.74, 6) is 0.958. The van der Waals surface area contributed by atoms with Crippen molar-refractivity contribution in [1.29, 1.82) is 0 Å². The molecule has 130 valence electrons. The van der Waals surface area contributed by atoms with Crippen LogP contribution in [0, 0.1) is 0 Å². The van der Waals surface area contributed by atoms with Crippen molar-refractivity contribution in [3.63, 3.8) is 0 Å². The van der Waals surface area contributed by atoms with E-state index in [4.69, 9.17) is 4.52 Å². The Hall–Kier alpha value is -1.84. The molecule has 24 heavy (non-hydrogen) atoms. The molecular weight excluding hydrogens is 330 g/mol. The molecule has 0 N–H and O–H groups in total. The van der Waals surface area contributed by atoms with Gasteiger partial charge in [0.25, 0.3) is 16.1 Å². The molecule has 0 bridgehead atoms. The minimum atomic E-state index is -3.38. The molecule has 1 aliphatic rings. The SMILES string of the molecule is CN(C)S(=O)(=O)N1CCCC1CCc1noc(-c2ccccn2)n1. The summed E-state index contributed by atoms with van der Waals surface area (Å²) in [4.78, 5) is 8.52. The van der Waals surface area contributed by atoms with E-state index >= 15 is 0 Å². The molecule has 1 unspecified atom stereocenters. The highest BCUT2D eigenvalue weighted by atomic mass is 32.2. The molecule has 0 amide bonds. The Morgan fingerprint density at radius 1 is 1.38 bits per heavy atom. The van der Waals surface area contributed by atoms with Gasteiger partial charge in [-0.2, -0.15) is 22.0 Å². The minimum Gasteiger partial charge on any atom is -0.332 e. The average Bonchev–Trinajstić information content (AvgIpc) is 3.23. The third-order valence-corrected chi connectivity index (χ3v) is 6.13. The molecule has 0 aromatic carbocycles. The molecule has 1 saturated heterocycles. The van der Waals surface area contributed by atoms with Gasteiger partial charge < -0.3 is 4.52 Å². The second kappa shape index (κ2) is 6.96. The largest absolute Gasteiger partial charge is 0.332 e. The third kappa shape index (κ3) is 3.47. The normalized spacial score (nSPS) is 19.2. The maximum atomic E-state index is 12.3. The van der Waals surface area contributed by atoms with Crippen LogP contribution in [0.4, 0.5) is 0 Å². The molecule has 0 spiro atoms. The van der Waals surface area contributed by atoms with Crippen LogP contribution in [-0.2, 0) is 16.6 Å². The lowest BCUT2D eigenvalue weighted by Gasteiger charge is -2.26. The molecule has 2 aromatic rings. The molecule has 2 aromatic heterocycles. The Kier molecular flexibility index (Phi) is 4.93. The predicted molar refractivity (Wildman–Crippen MR) is 88.2 cm³/mol. The number of hydrogen-bond acceptors (Lipinski definition) is 6. The molecule has 8 nitrogen and oxygen atoms in total. The lowest BCUT2D eigenvalue weighted by Crippen LogP contribution is -2.42. The van der Waals surface area contributed by atoms with Crippen LogP contribution in [0.2, 0.25) is 0 Å². The van der Waals surface area contributed by atoms with Crippen molar-refractivity contribution >= 4 is 10.2 Å². The van der Waals surface area contributed by atoms with Crippen molar-refractivity contribution in [1.82, 2.24) is 23.7 Å². The zero-order valence-corrected chi connectivity index (χ0v) is 14.6. The lowest BCUT2D eigenvalue weighted by atomic mass is 10.1. The highest BCUT2D eigenvalue weighted by Crippen LogP contribution is 2.25. The maximum Gasteiger partial charge on any atom is 0.281 e. The summed E-state index contributed by atoms with van der Waals surface area (Å²) in [5.41, 5.74) is 0.633. The highest BCUT2D eigenvalue weighted by Gasteiger charge is 2.35. The molecule has 3 rings (SSSR count). The molecule has 0 radical (unpaired) electrons. The van der Waals surface area contributed by atoms with E-state index in [1.807, 2.05) is 12.1 Å². The van der Waals surface area contributed by atoms with E-state index in [-0.39, 0.29) is 6.04 Å². The first-order chi connectivity index (χ1) is 11.5. The number of aryl methyl sites for hydroxylation is 1. The molecular formula is C15H21N5O3S. The van der Waals surface area contributed by atoms with Crippen molar-refractivity contribution < 1.29 is 12.9 Å². The van der Waals surface area contributed by atoms with Crippen LogP contribution in [0.1, 0.15) is 25.1 Å². The molecule has 3 heterocycles. The van der Waals surface area contributed by atoms with Gasteiger partial charge in [0.2, 0.25) is 0 Å². The summed E-state index contributed by atoms with van der Waals surface area (Å²) < 4.78 is 32.7. The van der Waals surface area contributed by atoms with E-state index in [2.05, 4.69) is 15.1 Å². The monoisotopic (exact) mass is 351 g/mol. The smallest absolute Gasteiger partial charge is 0.281 e. The summed E-state index contributed by atoms with van der Waals surface area (Å²) in [6.07, 6.45) is 4.65. The van der Waals surface area contributed by atoms with E-state index in [9.17, 15) is 8.42 Å². The van der Waals surface area contributed by atoms with E-state index in [0.717, 1.165) is 12.8 Å². The Labute approximate surface area is 141 Å². The Morgan fingerprint density at radius 3 is 2.92 bits per heavy atom. The van der Waals surface area contributed by atoms with Crippen LogP contribution in [0.5, 0.6) is 0 Å². The van der Waals surface area contributed by atoms with Gasteiger partial charge in [-0.05, 0) is 31.4 Å². The Morgan fingerprint density at radius 2 is 2.21 bits per heavy atom. The zero-order valence-electron chi connectivity index (χ0n) is 13.8. The third-order valence-electron chi connectivity index (χ3n) is 4.13. The fraction of sp³-hybridized carbons (Fsp3) is 0.533. The molecule has 0 saturated carbocycles. The second-order valence-corrected chi connectivity index (χ2v) is 8.06. The van der Waals surface area contributed by atoms with Gasteiger partial charge >= 0.3 is 0 Å². The van der Waals surface area contributed by atoms with Crippen LogP contribution in [0.25, 0.3) is 11.6 Å². The van der Waals surface area contributed by atoms with E-state index < -0.39 is 10.2 Å². The van der Waals surface area contributed by atoms with Crippen molar-refractivity contribution in [3.05, 3.63) is 30.2 Å². The van der Waals surface area contributed by atoms with Crippen LogP contribution in [0.3, 0.4) is 0 Å². The van der Waals surface area contributed by atoms with E-state index in [1.165, 1.54) is 4.31 Å². The summed E-state index contributed by atoms with van der Waals surface area (Å²) in [5, 5.41) is 3.97. The van der Waals surface area contributed by atoms with Gasteiger partial charge in [-0.15, -0.1) is 0 Å². The number of aromatic nitrogens is 3. The van der Waals surface area contributed by atoms with E-state index in [1.54, 1.807) is 30.7 Å². The molecule has 1 fully saturated rings. The summed E-state index contributed by atoms with van der Waals surface area (Å²) in [6, 6.07) is 5.46. The number of hydrogen-bond donors (Lipinski definition) is 0. The van der Waals surface area contributed by atoms with E-state index in [0.29, 0.717) is 36.8 Å². The van der Waals surface area contributed by atoms with Gasteiger partial charge in [-0.25, -0.2) is 0 Å². The molecule has 1 atom stereocenters. The quantitative estimate of drug-likeness (QED) is 0.780. The maximum absolute atomic E-state index is 12.3. The summed E-state index contributed by atoms with van der Waals surface area (Å²) in [6.45, 7) is 0.566. The van der Waals surface area contributed by atoms with Crippen molar-refractivity contribution in [3.8, 4) is 11.6 Å². The Balaban J connectivity index is 1.65. The van der Waals surface area contributed by atoms with Gasteiger partial charge in [0, 0.05) is 39.3 Å². The van der Waals surface area contributed by atoms with Gasteiger partial charge in [0.05, 0.1) is 0 Å². The highest BCUT2D eigenvalue weighted by molar-refractivity contribution is 7.86. The van der Waals surface area contributed by atoms with Crippen LogP contribution in [-0.4, -0.2) is 58.8 Å². The zero-order chi connectivity index (χ0) is 17.2.